The summed E-state index contributed by atoms with van der Waals surface area (Å²) in [5.41, 5.74) is 1.67. The van der Waals surface area contributed by atoms with Crippen LogP contribution in [0.3, 0.4) is 0 Å². The maximum absolute atomic E-state index is 13.2. The van der Waals surface area contributed by atoms with Crippen molar-refractivity contribution in [3.8, 4) is 0 Å². The number of carbonyl (C=O) groups excluding carboxylic acids is 1. The number of rotatable bonds is 5. The van der Waals surface area contributed by atoms with Gasteiger partial charge in [-0.15, -0.1) is 0 Å². The zero-order valence-electron chi connectivity index (χ0n) is 15.4. The van der Waals surface area contributed by atoms with Crippen LogP contribution in [-0.2, 0) is 14.8 Å². The van der Waals surface area contributed by atoms with Crippen molar-refractivity contribution in [3.05, 3.63) is 64.7 Å². The van der Waals surface area contributed by atoms with Crippen LogP contribution >= 0.6 is 11.6 Å². The first-order valence-electron chi connectivity index (χ1n) is 9.14. The first-order valence-corrected chi connectivity index (χ1v) is 11.0. The Balaban J connectivity index is 1.50. The minimum Gasteiger partial charge on any atom is -0.481 e. The number of carbonyl (C=O) groups is 2. The average Bonchev–Trinajstić information content (AvgIpc) is 2.99. The molecule has 2 aromatic carbocycles. The predicted molar refractivity (Wildman–Crippen MR) is 109 cm³/mol. The molecule has 4 rings (SSSR count). The number of hydrogen-bond acceptors (Lipinski definition) is 4. The van der Waals surface area contributed by atoms with Crippen molar-refractivity contribution in [2.45, 2.75) is 17.6 Å². The smallest absolute Gasteiger partial charge is 0.304 e. The molecular formula is C20H19ClN2O5S. The first-order chi connectivity index (χ1) is 13.8. The van der Waals surface area contributed by atoms with Gasteiger partial charge in [-0.05, 0) is 29.8 Å². The molecule has 0 spiro atoms. The van der Waals surface area contributed by atoms with Crippen LogP contribution in [0.5, 0.6) is 0 Å². The van der Waals surface area contributed by atoms with E-state index in [4.69, 9.17) is 16.7 Å². The Morgan fingerprint density at radius 1 is 1.07 bits per heavy atom. The lowest BCUT2D eigenvalue weighted by molar-refractivity contribution is -0.137. The number of benzene rings is 2. The molecule has 152 valence electrons. The molecule has 0 aromatic heterocycles. The molecule has 0 saturated carbocycles. The normalized spacial score (nSPS) is 19.0. The van der Waals surface area contributed by atoms with Crippen molar-refractivity contribution in [1.29, 1.82) is 0 Å². The zero-order valence-corrected chi connectivity index (χ0v) is 16.9. The molecular weight excluding hydrogens is 416 g/mol. The summed E-state index contributed by atoms with van der Waals surface area (Å²) in [6, 6.07) is 13.5. The van der Waals surface area contributed by atoms with E-state index in [-0.39, 0.29) is 37.9 Å². The van der Waals surface area contributed by atoms with Gasteiger partial charge < -0.3 is 10.0 Å². The lowest BCUT2D eigenvalue weighted by Gasteiger charge is -2.40. The summed E-state index contributed by atoms with van der Waals surface area (Å²) in [5, 5.41) is 8.88. The minimum absolute atomic E-state index is 0.0932. The molecule has 1 amide bonds. The van der Waals surface area contributed by atoms with Crippen LogP contribution in [0.25, 0.3) is 0 Å². The Morgan fingerprint density at radius 2 is 1.79 bits per heavy atom. The fourth-order valence-electron chi connectivity index (χ4n) is 3.86. The van der Waals surface area contributed by atoms with Crippen molar-refractivity contribution in [2.75, 3.05) is 23.9 Å². The van der Waals surface area contributed by atoms with Gasteiger partial charge in [0.2, 0.25) is 10.0 Å². The number of nitrogens with zero attached hydrogens (tertiary/aromatic N) is 2. The first kappa shape index (κ1) is 19.7. The number of likely N-dealkylation sites (tertiary alicyclic amines) is 1. The van der Waals surface area contributed by atoms with Gasteiger partial charge in [-0.25, -0.2) is 8.42 Å². The summed E-state index contributed by atoms with van der Waals surface area (Å²) < 4.78 is 27.7. The summed E-state index contributed by atoms with van der Waals surface area (Å²) in [6.45, 7) is 0.290. The highest BCUT2D eigenvalue weighted by molar-refractivity contribution is 7.93. The third kappa shape index (κ3) is 3.58. The number of para-hydroxylation sites is 1. The van der Waals surface area contributed by atoms with Crippen LogP contribution in [-0.4, -0.2) is 55.2 Å². The lowest BCUT2D eigenvalue weighted by atomic mass is 9.98. The van der Waals surface area contributed by atoms with Crippen LogP contribution in [0.2, 0.25) is 5.02 Å². The predicted octanol–water partition coefficient (Wildman–Crippen LogP) is 2.57. The molecule has 0 radical (unpaired) electrons. The molecule has 1 saturated heterocycles. The maximum atomic E-state index is 13.2. The van der Waals surface area contributed by atoms with Crippen molar-refractivity contribution in [3.63, 3.8) is 0 Å². The summed E-state index contributed by atoms with van der Waals surface area (Å²) >= 11 is 5.92. The largest absolute Gasteiger partial charge is 0.481 e. The van der Waals surface area contributed by atoms with Gasteiger partial charge in [-0.3, -0.25) is 13.9 Å². The Kier molecular flexibility index (Phi) is 5.00. The van der Waals surface area contributed by atoms with Crippen molar-refractivity contribution >= 4 is 39.2 Å². The molecule has 2 heterocycles. The van der Waals surface area contributed by atoms with Gasteiger partial charge in [0.15, 0.2) is 0 Å². The quantitative estimate of drug-likeness (QED) is 0.780. The second-order valence-corrected chi connectivity index (χ2v) is 9.85. The van der Waals surface area contributed by atoms with E-state index in [9.17, 15) is 18.0 Å². The van der Waals surface area contributed by atoms with Crippen LogP contribution in [0, 0.1) is 0 Å². The monoisotopic (exact) mass is 434 g/mol. The molecule has 1 N–H and O–H groups in total. The van der Waals surface area contributed by atoms with E-state index in [2.05, 4.69) is 0 Å². The van der Waals surface area contributed by atoms with E-state index in [1.165, 1.54) is 9.21 Å². The number of anilines is 1. The summed E-state index contributed by atoms with van der Waals surface area (Å²) in [6.07, 6.45) is -0.132. The molecule has 2 aliphatic heterocycles. The van der Waals surface area contributed by atoms with Crippen LogP contribution in [0.15, 0.2) is 48.5 Å². The molecule has 0 aliphatic carbocycles. The average molecular weight is 435 g/mol. The van der Waals surface area contributed by atoms with Gasteiger partial charge in [0.05, 0.1) is 12.1 Å². The Labute approximate surface area is 173 Å². The Bertz CT molecular complexity index is 1080. The van der Waals surface area contributed by atoms with E-state index in [1.54, 1.807) is 48.5 Å². The number of aliphatic carboxylic acids is 1. The minimum atomic E-state index is -3.72. The SMILES string of the molecule is O=C(O)CC1CN(S(=O)(=O)C2CN(C(=O)c3cccc(Cl)c3)C2)c2ccccc21. The standard InChI is InChI=1S/C20H19ClN2O5S/c21-15-5-3-4-13(8-15)20(26)22-11-16(12-22)29(27,28)23-10-14(9-19(24)25)17-6-1-2-7-18(17)23/h1-8,14,16H,9-12H2,(H,24,25). The topological polar surface area (TPSA) is 95.0 Å². The summed E-state index contributed by atoms with van der Waals surface area (Å²) in [4.78, 5) is 25.2. The fraction of sp³-hybridized carbons (Fsp3) is 0.300. The Morgan fingerprint density at radius 3 is 2.48 bits per heavy atom. The van der Waals surface area contributed by atoms with Crippen LogP contribution in [0.4, 0.5) is 5.69 Å². The van der Waals surface area contributed by atoms with E-state index in [0.29, 0.717) is 16.3 Å². The lowest BCUT2D eigenvalue weighted by Crippen LogP contribution is -2.60. The molecule has 1 unspecified atom stereocenters. The second kappa shape index (κ2) is 7.35. The van der Waals surface area contributed by atoms with Gasteiger partial charge in [-0.1, -0.05) is 35.9 Å². The number of amides is 1. The van der Waals surface area contributed by atoms with Crippen molar-refractivity contribution in [1.82, 2.24) is 4.90 Å². The summed E-state index contributed by atoms with van der Waals surface area (Å²) in [7, 11) is -3.72. The van der Waals surface area contributed by atoms with E-state index >= 15 is 0 Å². The molecule has 2 aliphatic rings. The Hall–Kier alpha value is -2.58. The number of fused-ring (bicyclic) bond motifs is 1. The third-order valence-corrected chi connectivity index (χ3v) is 7.72. The fourth-order valence-corrected chi connectivity index (χ4v) is 5.97. The molecule has 1 atom stereocenters. The number of sulfonamides is 1. The molecule has 2 aromatic rings. The van der Waals surface area contributed by atoms with Gasteiger partial charge in [-0.2, -0.15) is 0 Å². The summed E-state index contributed by atoms with van der Waals surface area (Å²) in [5.74, 6) is -1.61. The molecule has 1 fully saturated rings. The molecule has 7 nitrogen and oxygen atoms in total. The van der Waals surface area contributed by atoms with E-state index in [1.807, 2.05) is 0 Å². The van der Waals surface area contributed by atoms with Gasteiger partial charge in [0, 0.05) is 36.1 Å². The second-order valence-electron chi connectivity index (χ2n) is 7.27. The van der Waals surface area contributed by atoms with Crippen LogP contribution < -0.4 is 4.31 Å². The third-order valence-electron chi connectivity index (χ3n) is 5.39. The van der Waals surface area contributed by atoms with Crippen molar-refractivity contribution in [2.24, 2.45) is 0 Å². The number of carboxylic acids is 1. The molecule has 0 bridgehead atoms. The highest BCUT2D eigenvalue weighted by Gasteiger charge is 2.46. The number of carboxylic acid groups (broad SMARTS) is 1. The number of hydrogen-bond donors (Lipinski definition) is 1. The van der Waals surface area contributed by atoms with Gasteiger partial charge in [0.1, 0.15) is 5.25 Å². The molecule has 29 heavy (non-hydrogen) atoms. The van der Waals surface area contributed by atoms with Crippen LogP contribution in [0.1, 0.15) is 28.3 Å². The van der Waals surface area contributed by atoms with E-state index in [0.717, 1.165) is 5.56 Å². The van der Waals surface area contributed by atoms with Gasteiger partial charge >= 0.3 is 5.97 Å². The van der Waals surface area contributed by atoms with Crippen molar-refractivity contribution < 1.29 is 23.1 Å². The molecule has 9 heteroatoms. The highest BCUT2D eigenvalue weighted by atomic mass is 35.5. The maximum Gasteiger partial charge on any atom is 0.304 e. The highest BCUT2D eigenvalue weighted by Crippen LogP contribution is 2.41. The van der Waals surface area contributed by atoms with Gasteiger partial charge in [0.25, 0.3) is 5.91 Å². The van der Waals surface area contributed by atoms with E-state index < -0.39 is 21.2 Å². The number of halogens is 1. The zero-order chi connectivity index (χ0) is 20.8.